The van der Waals surface area contributed by atoms with E-state index in [4.69, 9.17) is 4.74 Å². The minimum atomic E-state index is 0.110. The number of carbonyl (C=O) groups is 1. The van der Waals surface area contributed by atoms with Crippen LogP contribution < -0.4 is 19.9 Å². The maximum Gasteiger partial charge on any atom is 0.279 e. The van der Waals surface area contributed by atoms with E-state index >= 15 is 0 Å². The van der Waals surface area contributed by atoms with Crippen molar-refractivity contribution < 1.29 is 19.3 Å². The molecule has 1 amide bonds. The summed E-state index contributed by atoms with van der Waals surface area (Å²) in [5.41, 5.74) is 4.50. The second-order valence-corrected chi connectivity index (χ2v) is 7.52. The van der Waals surface area contributed by atoms with Crippen LogP contribution in [-0.2, 0) is 11.3 Å². The average molecular weight is 370 g/mol. The van der Waals surface area contributed by atoms with Crippen molar-refractivity contribution in [2.45, 2.75) is 20.4 Å². The van der Waals surface area contributed by atoms with Gasteiger partial charge in [0.05, 0.1) is 7.11 Å². The van der Waals surface area contributed by atoms with E-state index in [1.807, 2.05) is 44.2 Å². The minimum absolute atomic E-state index is 0.110. The summed E-state index contributed by atoms with van der Waals surface area (Å²) in [6.45, 7) is 9.86. The standard InChI is InChI=1S/C22H29N3O2/c1-17-6-4-7-18(2)22(17)23-21(26)16-25-12-10-24(11-13-25)15-19-8-5-9-20(14-19)27-3/h4-9,14H,10-13,15-16H2,1-3H3,(H,23,26)/p+2. The van der Waals surface area contributed by atoms with Crippen LogP contribution in [0, 0.1) is 13.8 Å². The topological polar surface area (TPSA) is 47.2 Å². The van der Waals surface area contributed by atoms with Gasteiger partial charge < -0.3 is 19.9 Å². The summed E-state index contributed by atoms with van der Waals surface area (Å²) in [7, 11) is 1.71. The van der Waals surface area contributed by atoms with Crippen LogP contribution in [0.25, 0.3) is 0 Å². The smallest absolute Gasteiger partial charge is 0.279 e. The quantitative estimate of drug-likeness (QED) is 0.683. The van der Waals surface area contributed by atoms with E-state index in [0.717, 1.165) is 55.3 Å². The van der Waals surface area contributed by atoms with Gasteiger partial charge in [-0.1, -0.05) is 30.3 Å². The zero-order valence-corrected chi connectivity index (χ0v) is 16.6. The highest BCUT2D eigenvalue weighted by molar-refractivity contribution is 5.93. The van der Waals surface area contributed by atoms with Gasteiger partial charge in [0.2, 0.25) is 0 Å². The lowest BCUT2D eigenvalue weighted by Gasteiger charge is -2.29. The van der Waals surface area contributed by atoms with Gasteiger partial charge in [-0.2, -0.15) is 0 Å². The van der Waals surface area contributed by atoms with Crippen molar-refractivity contribution in [1.82, 2.24) is 0 Å². The van der Waals surface area contributed by atoms with Gasteiger partial charge >= 0.3 is 0 Å². The van der Waals surface area contributed by atoms with Crippen LogP contribution in [0.3, 0.4) is 0 Å². The molecule has 5 nitrogen and oxygen atoms in total. The summed E-state index contributed by atoms with van der Waals surface area (Å²) in [5.74, 6) is 1.03. The Kier molecular flexibility index (Phi) is 6.48. The first-order chi connectivity index (χ1) is 13.0. The largest absolute Gasteiger partial charge is 0.497 e. The second kappa shape index (κ2) is 9.02. The Morgan fingerprint density at radius 2 is 1.63 bits per heavy atom. The normalized spacial score (nSPS) is 19.5. The Morgan fingerprint density at radius 1 is 1.00 bits per heavy atom. The van der Waals surface area contributed by atoms with Gasteiger partial charge in [0.25, 0.3) is 5.91 Å². The van der Waals surface area contributed by atoms with Crippen LogP contribution in [-0.4, -0.2) is 45.7 Å². The molecule has 5 heteroatoms. The molecule has 27 heavy (non-hydrogen) atoms. The van der Waals surface area contributed by atoms with Crippen molar-refractivity contribution in [2.24, 2.45) is 0 Å². The fourth-order valence-electron chi connectivity index (χ4n) is 3.80. The highest BCUT2D eigenvalue weighted by Gasteiger charge is 2.25. The number of anilines is 1. The molecule has 1 saturated heterocycles. The number of carbonyl (C=O) groups excluding carboxylic acids is 1. The molecule has 0 aromatic heterocycles. The zero-order valence-electron chi connectivity index (χ0n) is 16.6. The number of amides is 1. The molecule has 1 fully saturated rings. The Balaban J connectivity index is 1.47. The lowest BCUT2D eigenvalue weighted by molar-refractivity contribution is -1.02. The molecule has 144 valence electrons. The Labute approximate surface area is 161 Å². The molecule has 1 heterocycles. The van der Waals surface area contributed by atoms with Crippen molar-refractivity contribution in [1.29, 1.82) is 0 Å². The first-order valence-electron chi connectivity index (χ1n) is 9.71. The van der Waals surface area contributed by atoms with Crippen molar-refractivity contribution >= 4 is 11.6 Å². The molecule has 3 N–H and O–H groups in total. The van der Waals surface area contributed by atoms with Gasteiger partial charge in [-0.15, -0.1) is 0 Å². The summed E-state index contributed by atoms with van der Waals surface area (Å²) in [6, 6.07) is 14.4. The summed E-state index contributed by atoms with van der Waals surface area (Å²) in [5, 5.41) is 3.11. The van der Waals surface area contributed by atoms with Crippen LogP contribution >= 0.6 is 0 Å². The third-order valence-electron chi connectivity index (χ3n) is 5.41. The summed E-state index contributed by atoms with van der Waals surface area (Å²) in [4.78, 5) is 15.4. The van der Waals surface area contributed by atoms with E-state index in [9.17, 15) is 4.79 Å². The molecule has 0 saturated carbocycles. The highest BCUT2D eigenvalue weighted by atomic mass is 16.5. The van der Waals surface area contributed by atoms with Crippen LogP contribution in [0.4, 0.5) is 5.69 Å². The third-order valence-corrected chi connectivity index (χ3v) is 5.41. The lowest BCUT2D eigenvalue weighted by atomic mass is 10.1. The van der Waals surface area contributed by atoms with Gasteiger partial charge in [-0.25, -0.2) is 0 Å². The number of piperazine rings is 1. The van der Waals surface area contributed by atoms with Gasteiger partial charge in [0.1, 0.15) is 38.5 Å². The van der Waals surface area contributed by atoms with Crippen molar-refractivity contribution in [3.63, 3.8) is 0 Å². The molecule has 0 radical (unpaired) electrons. The molecule has 1 aliphatic rings. The molecule has 0 spiro atoms. The van der Waals surface area contributed by atoms with E-state index in [2.05, 4.69) is 17.4 Å². The SMILES string of the molecule is COc1cccc(C[NH+]2CC[NH+](CC(=O)Nc3c(C)cccc3C)CC2)c1. The first-order valence-corrected chi connectivity index (χ1v) is 9.71. The van der Waals surface area contributed by atoms with Crippen LogP contribution in [0.5, 0.6) is 5.75 Å². The zero-order chi connectivity index (χ0) is 19.2. The molecule has 0 unspecified atom stereocenters. The molecular weight excluding hydrogens is 338 g/mol. The predicted octanol–water partition coefficient (Wildman–Crippen LogP) is 0.234. The van der Waals surface area contributed by atoms with Gasteiger partial charge in [-0.3, -0.25) is 4.79 Å². The number of hydrogen-bond donors (Lipinski definition) is 3. The molecule has 1 aliphatic heterocycles. The second-order valence-electron chi connectivity index (χ2n) is 7.52. The maximum atomic E-state index is 12.5. The maximum absolute atomic E-state index is 12.5. The lowest BCUT2D eigenvalue weighted by Crippen LogP contribution is -3.28. The van der Waals surface area contributed by atoms with Gasteiger partial charge in [-0.05, 0) is 37.1 Å². The first kappa shape index (κ1) is 19.4. The number of benzene rings is 2. The molecule has 0 aliphatic carbocycles. The molecule has 0 bridgehead atoms. The van der Waals surface area contributed by atoms with Crippen molar-refractivity contribution in [2.75, 3.05) is 45.2 Å². The summed E-state index contributed by atoms with van der Waals surface area (Å²) < 4.78 is 5.31. The Bertz CT molecular complexity index is 763. The molecular formula is C22H31N3O2+2. The number of para-hydroxylation sites is 1. The van der Waals surface area contributed by atoms with E-state index in [-0.39, 0.29) is 5.91 Å². The fraction of sp³-hybridized carbons (Fsp3) is 0.409. The van der Waals surface area contributed by atoms with Gasteiger partial charge in [0, 0.05) is 11.3 Å². The van der Waals surface area contributed by atoms with Crippen LogP contribution in [0.2, 0.25) is 0 Å². The van der Waals surface area contributed by atoms with E-state index in [1.54, 1.807) is 12.0 Å². The van der Waals surface area contributed by atoms with E-state index in [1.165, 1.54) is 10.5 Å². The predicted molar refractivity (Wildman–Crippen MR) is 108 cm³/mol. The number of aryl methyl sites for hydroxylation is 2. The minimum Gasteiger partial charge on any atom is -0.497 e. The summed E-state index contributed by atoms with van der Waals surface area (Å²) >= 11 is 0. The van der Waals surface area contributed by atoms with Crippen LogP contribution in [0.1, 0.15) is 16.7 Å². The fourth-order valence-corrected chi connectivity index (χ4v) is 3.80. The summed E-state index contributed by atoms with van der Waals surface area (Å²) in [6.07, 6.45) is 0. The number of rotatable bonds is 6. The Hall–Kier alpha value is -2.37. The van der Waals surface area contributed by atoms with Crippen molar-refractivity contribution in [3.05, 3.63) is 59.2 Å². The number of methoxy groups -OCH3 is 1. The number of hydrogen-bond acceptors (Lipinski definition) is 2. The Morgan fingerprint density at radius 3 is 2.30 bits per heavy atom. The average Bonchev–Trinajstić information content (AvgIpc) is 2.66. The molecule has 3 rings (SSSR count). The number of quaternary nitrogens is 2. The molecule has 0 atom stereocenters. The molecule has 2 aromatic carbocycles. The van der Waals surface area contributed by atoms with Gasteiger partial charge in [0.15, 0.2) is 6.54 Å². The number of nitrogens with one attached hydrogen (secondary N) is 3. The van der Waals surface area contributed by atoms with Crippen molar-refractivity contribution in [3.8, 4) is 5.75 Å². The number of ether oxygens (including phenoxy) is 1. The van der Waals surface area contributed by atoms with Crippen LogP contribution in [0.15, 0.2) is 42.5 Å². The highest BCUT2D eigenvalue weighted by Crippen LogP contribution is 2.18. The van der Waals surface area contributed by atoms with E-state index in [0.29, 0.717) is 6.54 Å². The monoisotopic (exact) mass is 369 g/mol. The van der Waals surface area contributed by atoms with E-state index < -0.39 is 0 Å². The third kappa shape index (κ3) is 5.31. The molecule has 2 aromatic rings.